The van der Waals surface area contributed by atoms with Crippen LogP contribution in [0.4, 0.5) is 11.4 Å². The highest BCUT2D eigenvalue weighted by Gasteiger charge is 2.65. The molecule has 2 fully saturated rings. The average Bonchev–Trinajstić information content (AvgIpc) is 3.33. The van der Waals surface area contributed by atoms with Crippen molar-refractivity contribution < 1.29 is 14.4 Å². The van der Waals surface area contributed by atoms with Crippen molar-refractivity contribution in [2.75, 3.05) is 10.2 Å². The molecule has 0 saturated carbocycles. The third-order valence-electron chi connectivity index (χ3n) is 6.75. The van der Waals surface area contributed by atoms with Gasteiger partial charge in [0.1, 0.15) is 6.04 Å². The Hall–Kier alpha value is -3.68. The summed E-state index contributed by atoms with van der Waals surface area (Å²) in [4.78, 5) is 42.3. The van der Waals surface area contributed by atoms with Crippen LogP contribution in [0.3, 0.4) is 0 Å². The molecule has 3 aliphatic heterocycles. The maximum atomic E-state index is 13.8. The maximum Gasteiger partial charge on any atom is 0.249 e. The Morgan fingerprint density at radius 2 is 1.60 bits per heavy atom. The van der Waals surface area contributed by atoms with Crippen LogP contribution in [0.25, 0.3) is 0 Å². The van der Waals surface area contributed by atoms with Crippen LogP contribution in [0, 0.1) is 11.8 Å². The van der Waals surface area contributed by atoms with Crippen molar-refractivity contribution in [3.63, 3.8) is 0 Å². The number of nitrogens with one attached hydrogen (secondary N) is 1. The van der Waals surface area contributed by atoms with Crippen LogP contribution in [0.15, 0.2) is 77.9 Å². The van der Waals surface area contributed by atoms with Gasteiger partial charge in [-0.1, -0.05) is 65.7 Å². The Bertz CT molecular complexity index is 1410. The second-order valence-corrected chi connectivity index (χ2v) is 9.50. The van der Waals surface area contributed by atoms with E-state index < -0.39 is 41.6 Å². The molecule has 0 aromatic heterocycles. The fourth-order valence-corrected chi connectivity index (χ4v) is 5.80. The monoisotopic (exact) mass is 504 g/mol. The highest BCUT2D eigenvalue weighted by atomic mass is 35.5. The van der Waals surface area contributed by atoms with Gasteiger partial charge in [0, 0.05) is 10.7 Å². The number of carbonyl (C=O) groups is 3. The number of imide groups is 1. The van der Waals surface area contributed by atoms with E-state index in [1.165, 1.54) is 6.07 Å². The lowest BCUT2D eigenvalue weighted by atomic mass is 9.85. The Kier molecular flexibility index (Phi) is 5.12. The first-order valence-electron chi connectivity index (χ1n) is 11.1. The van der Waals surface area contributed by atoms with E-state index in [0.29, 0.717) is 10.7 Å². The van der Waals surface area contributed by atoms with Gasteiger partial charge in [-0.15, -0.1) is 0 Å². The van der Waals surface area contributed by atoms with E-state index in [9.17, 15) is 14.4 Å². The minimum Gasteiger partial charge on any atom is -0.324 e. The summed E-state index contributed by atoms with van der Waals surface area (Å²) in [5.74, 6) is -3.05. The highest BCUT2D eigenvalue weighted by molar-refractivity contribution is 6.38. The Balaban J connectivity index is 1.46. The molecule has 0 radical (unpaired) electrons. The molecule has 35 heavy (non-hydrogen) atoms. The van der Waals surface area contributed by atoms with E-state index >= 15 is 0 Å². The second kappa shape index (κ2) is 8.22. The van der Waals surface area contributed by atoms with Gasteiger partial charge in [0.05, 0.1) is 34.8 Å². The number of hydrogen-bond acceptors (Lipinski definition) is 5. The minimum absolute atomic E-state index is 0.184. The average molecular weight is 505 g/mol. The van der Waals surface area contributed by atoms with E-state index in [1.54, 1.807) is 47.6 Å². The number of amides is 3. The summed E-state index contributed by atoms with van der Waals surface area (Å²) in [7, 11) is 0. The van der Waals surface area contributed by atoms with E-state index in [0.717, 1.165) is 16.0 Å². The molecular weight excluding hydrogens is 487 g/mol. The Labute approximate surface area is 210 Å². The van der Waals surface area contributed by atoms with Gasteiger partial charge in [0.15, 0.2) is 0 Å². The van der Waals surface area contributed by atoms with Gasteiger partial charge in [0.25, 0.3) is 0 Å². The second-order valence-electron chi connectivity index (χ2n) is 8.66. The molecule has 3 amide bonds. The van der Waals surface area contributed by atoms with Crippen LogP contribution in [0.1, 0.15) is 17.2 Å². The highest BCUT2D eigenvalue weighted by Crippen LogP contribution is 2.53. The molecule has 1 N–H and O–H groups in total. The van der Waals surface area contributed by atoms with Crippen molar-refractivity contribution in [1.29, 1.82) is 0 Å². The van der Waals surface area contributed by atoms with E-state index in [1.807, 2.05) is 30.3 Å². The number of benzene rings is 3. The number of para-hydroxylation sites is 1. The minimum atomic E-state index is -0.984. The lowest BCUT2D eigenvalue weighted by molar-refractivity contribution is -0.129. The van der Waals surface area contributed by atoms with Crippen molar-refractivity contribution in [3.05, 3.63) is 94.0 Å². The van der Waals surface area contributed by atoms with E-state index in [4.69, 9.17) is 23.2 Å². The number of halogens is 2. The summed E-state index contributed by atoms with van der Waals surface area (Å²) >= 11 is 12.4. The van der Waals surface area contributed by atoms with Gasteiger partial charge in [-0.3, -0.25) is 19.4 Å². The SMILES string of the molecule is O=C(Nc1ccccc1)[C@H]1C2C(=O)N(c3ccc(Cl)cc3Cl)C(=O)C2C2c3ccccc3C=NN21. The van der Waals surface area contributed by atoms with Crippen LogP contribution in [0.2, 0.25) is 10.0 Å². The molecule has 0 bridgehead atoms. The molecule has 2 saturated heterocycles. The van der Waals surface area contributed by atoms with Crippen molar-refractivity contribution >= 4 is 58.5 Å². The summed E-state index contributed by atoms with van der Waals surface area (Å²) < 4.78 is 0. The predicted molar refractivity (Wildman–Crippen MR) is 133 cm³/mol. The van der Waals surface area contributed by atoms with E-state index in [2.05, 4.69) is 10.4 Å². The molecule has 3 heterocycles. The normalized spacial score (nSPS) is 24.3. The molecule has 3 aromatic carbocycles. The number of rotatable bonds is 3. The standard InChI is InChI=1S/C26H18Cl2N4O3/c27-15-10-11-19(18(28)12-15)31-25(34)20-21(26(31)35)23(24(33)30-16-7-2-1-3-8-16)32-22(20)17-9-5-4-6-14(17)13-29-32/h1-13,20-23H,(H,30,33)/t20?,21?,22?,23-/m1/s1. The first kappa shape index (κ1) is 21.8. The van der Waals surface area contributed by atoms with Crippen LogP contribution < -0.4 is 10.2 Å². The first-order valence-corrected chi connectivity index (χ1v) is 11.8. The Morgan fingerprint density at radius 3 is 2.37 bits per heavy atom. The molecule has 9 heteroatoms. The van der Waals surface area contributed by atoms with Gasteiger partial charge >= 0.3 is 0 Å². The molecule has 6 rings (SSSR count). The number of hydrogen-bond donors (Lipinski definition) is 1. The zero-order valence-corrected chi connectivity index (χ0v) is 19.6. The number of hydrazone groups is 1. The smallest absolute Gasteiger partial charge is 0.249 e. The largest absolute Gasteiger partial charge is 0.324 e. The molecule has 0 spiro atoms. The summed E-state index contributed by atoms with van der Waals surface area (Å²) in [6.45, 7) is 0. The number of carbonyl (C=O) groups excluding carboxylic acids is 3. The summed E-state index contributed by atoms with van der Waals surface area (Å²) in [5, 5.41) is 9.59. The van der Waals surface area contributed by atoms with Crippen molar-refractivity contribution in [2.45, 2.75) is 12.1 Å². The molecule has 174 valence electrons. The molecule has 7 nitrogen and oxygen atoms in total. The van der Waals surface area contributed by atoms with Crippen LogP contribution in [-0.2, 0) is 14.4 Å². The van der Waals surface area contributed by atoms with Crippen LogP contribution >= 0.6 is 23.2 Å². The van der Waals surface area contributed by atoms with Crippen molar-refractivity contribution in [2.24, 2.45) is 16.9 Å². The third kappa shape index (κ3) is 3.34. The van der Waals surface area contributed by atoms with E-state index in [-0.39, 0.29) is 10.7 Å². The summed E-state index contributed by atoms with van der Waals surface area (Å²) in [6.07, 6.45) is 1.67. The van der Waals surface area contributed by atoms with Gasteiger partial charge in [-0.05, 0) is 41.5 Å². The fraction of sp³-hybridized carbons (Fsp3) is 0.154. The maximum absolute atomic E-state index is 13.8. The fourth-order valence-electron chi connectivity index (χ4n) is 5.31. The number of anilines is 2. The topological polar surface area (TPSA) is 82.1 Å². The van der Waals surface area contributed by atoms with Crippen LogP contribution in [-0.4, -0.2) is 35.0 Å². The quantitative estimate of drug-likeness (QED) is 0.532. The molecule has 4 atom stereocenters. The zero-order valence-electron chi connectivity index (χ0n) is 18.1. The van der Waals surface area contributed by atoms with Gasteiger partial charge < -0.3 is 5.32 Å². The number of fused-ring (bicyclic) bond motifs is 5. The molecule has 3 aliphatic rings. The lowest BCUT2D eigenvalue weighted by Gasteiger charge is -2.33. The van der Waals surface area contributed by atoms with Gasteiger partial charge in [-0.2, -0.15) is 5.10 Å². The Morgan fingerprint density at radius 1 is 0.886 bits per heavy atom. The van der Waals surface area contributed by atoms with Gasteiger partial charge in [0.2, 0.25) is 17.7 Å². The summed E-state index contributed by atoms with van der Waals surface area (Å²) in [6, 6.07) is 19.6. The van der Waals surface area contributed by atoms with Crippen molar-refractivity contribution in [1.82, 2.24) is 5.01 Å². The number of nitrogens with zero attached hydrogens (tertiary/aromatic N) is 3. The molecular formula is C26H18Cl2N4O3. The third-order valence-corrected chi connectivity index (χ3v) is 7.29. The molecule has 3 aromatic rings. The summed E-state index contributed by atoms with van der Waals surface area (Å²) in [5.41, 5.74) is 2.53. The predicted octanol–water partition coefficient (Wildman–Crippen LogP) is 4.51. The van der Waals surface area contributed by atoms with Crippen molar-refractivity contribution in [3.8, 4) is 0 Å². The molecule has 3 unspecified atom stereocenters. The van der Waals surface area contributed by atoms with Crippen LogP contribution in [0.5, 0.6) is 0 Å². The molecule has 0 aliphatic carbocycles. The first-order chi connectivity index (χ1) is 17.0. The zero-order chi connectivity index (χ0) is 24.3. The van der Waals surface area contributed by atoms with Gasteiger partial charge in [-0.25, -0.2) is 4.90 Å². The lowest BCUT2D eigenvalue weighted by Crippen LogP contribution is -2.46.